The zero-order valence-electron chi connectivity index (χ0n) is 18.8. The standard InChI is InChI=1S/C19H29N3O3.C2H6.CH3NO/c1-16-3-5-18(6-4-16)14-21-9-7-20(13-17(2)23)8-11-22(12-10-21)15-19(24)25;1-2;2-1-3/h3-6H,7-15H2,1-2H3,(H,24,25);1-2H3;1H,(H2,2,3). The van der Waals surface area contributed by atoms with Gasteiger partial charge in [-0.05, 0) is 19.4 Å². The van der Waals surface area contributed by atoms with Crippen molar-refractivity contribution >= 4 is 18.2 Å². The van der Waals surface area contributed by atoms with E-state index in [1.54, 1.807) is 6.92 Å². The summed E-state index contributed by atoms with van der Waals surface area (Å²) < 4.78 is 0. The molecule has 8 heteroatoms. The highest BCUT2D eigenvalue weighted by Gasteiger charge is 2.18. The Morgan fingerprint density at radius 2 is 1.33 bits per heavy atom. The lowest BCUT2D eigenvalue weighted by Gasteiger charge is -2.25. The first-order valence-electron chi connectivity index (χ1n) is 10.4. The third-order valence-electron chi connectivity index (χ3n) is 4.53. The summed E-state index contributed by atoms with van der Waals surface area (Å²) in [6.45, 7) is 13.7. The number of amides is 1. The number of rotatable bonds is 6. The molecule has 1 heterocycles. The Labute approximate surface area is 180 Å². The Balaban J connectivity index is 0.00000154. The molecule has 0 unspecified atom stereocenters. The molecule has 1 fully saturated rings. The summed E-state index contributed by atoms with van der Waals surface area (Å²) in [6.07, 6.45) is 0.250. The number of aliphatic carboxylic acids is 1. The van der Waals surface area contributed by atoms with Gasteiger partial charge in [-0.2, -0.15) is 0 Å². The number of benzene rings is 1. The lowest BCUT2D eigenvalue weighted by molar-refractivity contribution is -0.138. The number of hydrogen-bond donors (Lipinski definition) is 2. The van der Waals surface area contributed by atoms with Gasteiger partial charge in [-0.15, -0.1) is 0 Å². The van der Waals surface area contributed by atoms with E-state index in [2.05, 4.69) is 46.7 Å². The van der Waals surface area contributed by atoms with Crippen molar-refractivity contribution in [2.75, 3.05) is 52.4 Å². The monoisotopic (exact) mass is 422 g/mol. The molecule has 0 bridgehead atoms. The zero-order chi connectivity index (χ0) is 22.9. The average Bonchev–Trinajstić information content (AvgIpc) is 2.78. The second-order valence-corrected chi connectivity index (χ2v) is 7.05. The van der Waals surface area contributed by atoms with Crippen molar-refractivity contribution in [3.8, 4) is 0 Å². The molecule has 1 amide bonds. The van der Waals surface area contributed by atoms with Crippen LogP contribution in [-0.2, 0) is 20.9 Å². The molecule has 0 saturated carbocycles. The molecule has 170 valence electrons. The number of Topliss-reactive ketones (excluding diaryl/α,β-unsaturated/α-hetero) is 1. The minimum atomic E-state index is -0.803. The first-order valence-corrected chi connectivity index (χ1v) is 10.4. The maximum absolute atomic E-state index is 11.5. The largest absolute Gasteiger partial charge is 0.480 e. The van der Waals surface area contributed by atoms with Gasteiger partial charge in [0.2, 0.25) is 6.41 Å². The predicted molar refractivity (Wildman–Crippen MR) is 119 cm³/mol. The Kier molecular flexibility index (Phi) is 15.2. The fraction of sp³-hybridized carbons (Fsp3) is 0.591. The summed E-state index contributed by atoms with van der Waals surface area (Å²) in [5.41, 5.74) is 6.67. The van der Waals surface area contributed by atoms with Crippen LogP contribution in [0.1, 0.15) is 31.9 Å². The Morgan fingerprint density at radius 1 is 0.933 bits per heavy atom. The van der Waals surface area contributed by atoms with Crippen LogP contribution in [0.4, 0.5) is 0 Å². The van der Waals surface area contributed by atoms with Crippen molar-refractivity contribution < 1.29 is 19.5 Å². The molecule has 0 atom stereocenters. The van der Waals surface area contributed by atoms with Crippen molar-refractivity contribution in [1.29, 1.82) is 0 Å². The normalized spacial score (nSPS) is 15.9. The molecule has 0 aliphatic carbocycles. The van der Waals surface area contributed by atoms with Gasteiger partial charge in [0.05, 0.1) is 13.1 Å². The van der Waals surface area contributed by atoms with E-state index in [0.29, 0.717) is 13.1 Å². The summed E-state index contributed by atoms with van der Waals surface area (Å²) in [5, 5.41) is 9.11. The molecular formula is C22H38N4O4. The molecule has 1 aliphatic rings. The summed E-state index contributed by atoms with van der Waals surface area (Å²) in [4.78, 5) is 37.6. The van der Waals surface area contributed by atoms with Crippen LogP contribution in [-0.4, -0.2) is 90.3 Å². The van der Waals surface area contributed by atoms with Crippen LogP contribution in [0.25, 0.3) is 0 Å². The van der Waals surface area contributed by atoms with Gasteiger partial charge in [0.1, 0.15) is 5.78 Å². The second-order valence-electron chi connectivity index (χ2n) is 7.05. The van der Waals surface area contributed by atoms with Crippen molar-refractivity contribution in [2.45, 2.75) is 34.2 Å². The number of ketones is 1. The maximum Gasteiger partial charge on any atom is 0.317 e. The summed E-state index contributed by atoms with van der Waals surface area (Å²) >= 11 is 0. The van der Waals surface area contributed by atoms with E-state index < -0.39 is 5.97 Å². The first kappa shape index (κ1) is 27.7. The van der Waals surface area contributed by atoms with E-state index in [1.807, 2.05) is 18.7 Å². The van der Waals surface area contributed by atoms with Crippen molar-refractivity contribution in [1.82, 2.24) is 14.7 Å². The van der Waals surface area contributed by atoms with Gasteiger partial charge in [0, 0.05) is 45.8 Å². The number of carbonyl (C=O) groups excluding carboxylic acids is 2. The van der Waals surface area contributed by atoms with Gasteiger partial charge in [0.25, 0.3) is 0 Å². The third-order valence-corrected chi connectivity index (χ3v) is 4.53. The Morgan fingerprint density at radius 3 is 1.73 bits per heavy atom. The van der Waals surface area contributed by atoms with E-state index in [1.165, 1.54) is 11.1 Å². The van der Waals surface area contributed by atoms with Gasteiger partial charge in [-0.1, -0.05) is 43.7 Å². The summed E-state index contributed by atoms with van der Waals surface area (Å²) in [7, 11) is 0. The number of aryl methyl sites for hydroxylation is 1. The van der Waals surface area contributed by atoms with Gasteiger partial charge >= 0.3 is 5.97 Å². The van der Waals surface area contributed by atoms with Crippen molar-refractivity contribution in [3.63, 3.8) is 0 Å². The van der Waals surface area contributed by atoms with Crippen molar-refractivity contribution in [2.24, 2.45) is 5.73 Å². The predicted octanol–water partition coefficient (Wildman–Crippen LogP) is 1.22. The molecule has 0 aromatic heterocycles. The Bertz CT molecular complexity index is 594. The highest BCUT2D eigenvalue weighted by molar-refractivity contribution is 5.77. The molecule has 30 heavy (non-hydrogen) atoms. The van der Waals surface area contributed by atoms with E-state index >= 15 is 0 Å². The van der Waals surface area contributed by atoms with Gasteiger partial charge in [-0.3, -0.25) is 29.1 Å². The summed E-state index contributed by atoms with van der Waals surface area (Å²) in [5.74, 6) is -0.656. The molecule has 1 aliphatic heterocycles. The minimum absolute atomic E-state index is 0.0479. The maximum atomic E-state index is 11.5. The molecule has 0 spiro atoms. The van der Waals surface area contributed by atoms with Crippen molar-refractivity contribution in [3.05, 3.63) is 35.4 Å². The molecule has 1 aromatic rings. The fourth-order valence-electron chi connectivity index (χ4n) is 3.12. The fourth-order valence-corrected chi connectivity index (χ4v) is 3.12. The lowest BCUT2D eigenvalue weighted by atomic mass is 10.1. The smallest absolute Gasteiger partial charge is 0.317 e. The molecular weight excluding hydrogens is 384 g/mol. The number of nitrogens with two attached hydrogens (primary N) is 1. The minimum Gasteiger partial charge on any atom is -0.480 e. The SMILES string of the molecule is CC.CC(=O)CN1CCN(CC(=O)O)CCN(Cc2ccc(C)cc2)CC1.NC=O. The molecule has 3 N–H and O–H groups in total. The lowest BCUT2D eigenvalue weighted by Crippen LogP contribution is -2.40. The summed E-state index contributed by atoms with van der Waals surface area (Å²) in [6, 6.07) is 8.52. The van der Waals surface area contributed by atoms with Crippen LogP contribution < -0.4 is 5.73 Å². The van der Waals surface area contributed by atoms with Crippen LogP contribution in [0.15, 0.2) is 24.3 Å². The highest BCUT2D eigenvalue weighted by atomic mass is 16.4. The van der Waals surface area contributed by atoms with E-state index in [-0.39, 0.29) is 18.7 Å². The topological polar surface area (TPSA) is 107 Å². The highest BCUT2D eigenvalue weighted by Crippen LogP contribution is 2.09. The van der Waals surface area contributed by atoms with E-state index in [9.17, 15) is 9.59 Å². The quantitative estimate of drug-likeness (QED) is 0.664. The zero-order valence-corrected chi connectivity index (χ0v) is 18.8. The number of hydrogen-bond acceptors (Lipinski definition) is 6. The van der Waals surface area contributed by atoms with Crippen LogP contribution in [0.5, 0.6) is 0 Å². The molecule has 1 aromatic carbocycles. The van der Waals surface area contributed by atoms with Gasteiger partial charge in [0.15, 0.2) is 0 Å². The van der Waals surface area contributed by atoms with E-state index in [4.69, 9.17) is 9.90 Å². The third kappa shape index (κ3) is 13.0. The number of nitrogens with zero attached hydrogens (tertiary/aromatic N) is 3. The van der Waals surface area contributed by atoms with Crippen LogP contribution in [0, 0.1) is 6.92 Å². The van der Waals surface area contributed by atoms with Crippen LogP contribution >= 0.6 is 0 Å². The number of primary amides is 1. The van der Waals surface area contributed by atoms with Crippen LogP contribution in [0.3, 0.4) is 0 Å². The average molecular weight is 423 g/mol. The van der Waals surface area contributed by atoms with Gasteiger partial charge < -0.3 is 10.8 Å². The van der Waals surface area contributed by atoms with E-state index in [0.717, 1.165) is 39.3 Å². The molecule has 0 radical (unpaired) electrons. The first-order chi connectivity index (χ1) is 14.3. The van der Waals surface area contributed by atoms with Crippen LogP contribution in [0.2, 0.25) is 0 Å². The number of carboxylic acids is 1. The number of carbonyl (C=O) groups is 3. The van der Waals surface area contributed by atoms with Gasteiger partial charge in [-0.25, -0.2) is 0 Å². The molecule has 1 saturated heterocycles. The molecule has 8 nitrogen and oxygen atoms in total. The molecule has 2 rings (SSSR count). The number of carboxylic acid groups (broad SMARTS) is 1. The Hall–Kier alpha value is -2.29. The second kappa shape index (κ2) is 16.5.